The van der Waals surface area contributed by atoms with Crippen LogP contribution in [0.4, 0.5) is 0 Å². The first-order valence-electron chi connectivity index (χ1n) is 7.64. The van der Waals surface area contributed by atoms with E-state index in [0.29, 0.717) is 30.4 Å². The Labute approximate surface area is 142 Å². The molecule has 0 bridgehead atoms. The van der Waals surface area contributed by atoms with E-state index < -0.39 is 0 Å². The van der Waals surface area contributed by atoms with Gasteiger partial charge in [-0.1, -0.05) is 41.9 Å². The van der Waals surface area contributed by atoms with E-state index in [2.05, 4.69) is 17.1 Å². The predicted molar refractivity (Wildman–Crippen MR) is 91.8 cm³/mol. The second kappa shape index (κ2) is 9.28. The number of rotatable bonds is 8. The average Bonchev–Trinajstić information content (AvgIpc) is 2.58. The third-order valence-corrected chi connectivity index (χ3v) is 3.77. The van der Waals surface area contributed by atoms with E-state index in [1.54, 1.807) is 30.3 Å². The summed E-state index contributed by atoms with van der Waals surface area (Å²) in [5, 5.41) is 0.326. The number of aromatic nitrogens is 1. The molecule has 1 aromatic heterocycles. The number of benzene rings is 1. The third-order valence-electron chi connectivity index (χ3n) is 3.56. The van der Waals surface area contributed by atoms with Gasteiger partial charge in [0.15, 0.2) is 0 Å². The normalized spacial score (nSPS) is 10.5. The van der Waals surface area contributed by atoms with Crippen molar-refractivity contribution >= 4 is 17.5 Å². The maximum Gasteiger partial charge on any atom is 0.254 e. The Hall–Kier alpha value is -1.91. The molecule has 0 radical (unpaired) electrons. The molecule has 0 atom stereocenters. The number of nitrogens with zero attached hydrogens (tertiary/aromatic N) is 2. The van der Waals surface area contributed by atoms with Crippen LogP contribution in [0.1, 0.15) is 22.3 Å². The maximum atomic E-state index is 12.6. The predicted octanol–water partition coefficient (Wildman–Crippen LogP) is 3.46. The van der Waals surface area contributed by atoms with Crippen molar-refractivity contribution in [3.05, 3.63) is 64.9 Å². The van der Waals surface area contributed by atoms with Crippen LogP contribution in [0, 0.1) is 0 Å². The van der Waals surface area contributed by atoms with Gasteiger partial charge in [0.05, 0.1) is 6.61 Å². The Balaban J connectivity index is 1.97. The molecule has 0 aliphatic rings. The van der Waals surface area contributed by atoms with Crippen LogP contribution in [0.15, 0.2) is 48.7 Å². The summed E-state index contributed by atoms with van der Waals surface area (Å²) in [6.45, 7) is 1.75. The van der Waals surface area contributed by atoms with Crippen LogP contribution in [0.3, 0.4) is 0 Å². The molecule has 0 aliphatic heterocycles. The first kappa shape index (κ1) is 17.4. The number of halogens is 1. The van der Waals surface area contributed by atoms with Gasteiger partial charge in [-0.2, -0.15) is 0 Å². The van der Waals surface area contributed by atoms with Crippen LogP contribution < -0.4 is 0 Å². The number of amides is 1. The summed E-state index contributed by atoms with van der Waals surface area (Å²) >= 11 is 5.88. The molecular weight excluding hydrogens is 312 g/mol. The number of methoxy groups -OCH3 is 1. The van der Waals surface area contributed by atoms with Gasteiger partial charge in [0.2, 0.25) is 0 Å². The van der Waals surface area contributed by atoms with Crippen molar-refractivity contribution < 1.29 is 9.53 Å². The SMILES string of the molecule is COCCN(CCCc1ccccc1)C(=O)c1ccnc(Cl)c1. The van der Waals surface area contributed by atoms with Gasteiger partial charge in [-0.05, 0) is 30.5 Å². The molecule has 0 aliphatic carbocycles. The molecule has 2 aromatic rings. The summed E-state index contributed by atoms with van der Waals surface area (Å²) in [7, 11) is 1.63. The molecule has 122 valence electrons. The first-order chi connectivity index (χ1) is 11.2. The summed E-state index contributed by atoms with van der Waals surface area (Å²) in [5.74, 6) is -0.0422. The van der Waals surface area contributed by atoms with Crippen LogP contribution in [-0.4, -0.2) is 42.6 Å². The lowest BCUT2D eigenvalue weighted by Gasteiger charge is -2.22. The van der Waals surface area contributed by atoms with Gasteiger partial charge in [-0.15, -0.1) is 0 Å². The zero-order valence-corrected chi connectivity index (χ0v) is 14.0. The Bertz CT molecular complexity index is 619. The lowest BCUT2D eigenvalue weighted by Crippen LogP contribution is -2.35. The van der Waals surface area contributed by atoms with Gasteiger partial charge in [-0.3, -0.25) is 4.79 Å². The largest absolute Gasteiger partial charge is 0.383 e. The topological polar surface area (TPSA) is 42.4 Å². The molecule has 4 nitrogen and oxygen atoms in total. The molecule has 1 heterocycles. The Morgan fingerprint density at radius 2 is 2.00 bits per heavy atom. The summed E-state index contributed by atoms with van der Waals surface area (Å²) in [6, 6.07) is 13.6. The summed E-state index contributed by atoms with van der Waals surface area (Å²) < 4.78 is 5.11. The van der Waals surface area contributed by atoms with Crippen molar-refractivity contribution in [1.82, 2.24) is 9.88 Å². The van der Waals surface area contributed by atoms with Crippen molar-refractivity contribution in [2.24, 2.45) is 0 Å². The third kappa shape index (κ3) is 5.66. The molecule has 0 saturated heterocycles. The van der Waals surface area contributed by atoms with Gasteiger partial charge in [-0.25, -0.2) is 4.98 Å². The van der Waals surface area contributed by atoms with Crippen LogP contribution in [0.25, 0.3) is 0 Å². The number of hydrogen-bond donors (Lipinski definition) is 0. The van der Waals surface area contributed by atoms with E-state index in [-0.39, 0.29) is 5.91 Å². The van der Waals surface area contributed by atoms with Gasteiger partial charge in [0.1, 0.15) is 5.15 Å². The van der Waals surface area contributed by atoms with Crippen LogP contribution in [0.2, 0.25) is 5.15 Å². The second-order valence-corrected chi connectivity index (χ2v) is 5.63. The monoisotopic (exact) mass is 332 g/mol. The van der Waals surface area contributed by atoms with E-state index in [1.165, 1.54) is 5.56 Å². The molecule has 23 heavy (non-hydrogen) atoms. The van der Waals surface area contributed by atoms with Crippen LogP contribution in [0.5, 0.6) is 0 Å². The number of carbonyl (C=O) groups excluding carboxylic acids is 1. The number of carbonyl (C=O) groups is 1. The molecule has 5 heteroatoms. The fourth-order valence-corrected chi connectivity index (χ4v) is 2.53. The summed E-state index contributed by atoms with van der Waals surface area (Å²) in [6.07, 6.45) is 3.39. The van der Waals surface area contributed by atoms with E-state index in [4.69, 9.17) is 16.3 Å². The molecular formula is C18H21ClN2O2. The highest BCUT2D eigenvalue weighted by molar-refractivity contribution is 6.29. The van der Waals surface area contributed by atoms with Gasteiger partial charge < -0.3 is 9.64 Å². The molecule has 2 rings (SSSR count). The van der Waals surface area contributed by atoms with E-state index in [1.807, 2.05) is 18.2 Å². The van der Waals surface area contributed by atoms with Crippen molar-refractivity contribution in [3.63, 3.8) is 0 Å². The Morgan fingerprint density at radius 3 is 2.70 bits per heavy atom. The van der Waals surface area contributed by atoms with E-state index in [0.717, 1.165) is 12.8 Å². The van der Waals surface area contributed by atoms with E-state index >= 15 is 0 Å². The molecule has 0 spiro atoms. The van der Waals surface area contributed by atoms with Crippen LogP contribution >= 0.6 is 11.6 Å². The number of hydrogen-bond acceptors (Lipinski definition) is 3. The minimum Gasteiger partial charge on any atom is -0.383 e. The van der Waals surface area contributed by atoms with Crippen molar-refractivity contribution in [2.45, 2.75) is 12.8 Å². The number of aryl methyl sites for hydroxylation is 1. The number of ether oxygens (including phenoxy) is 1. The second-order valence-electron chi connectivity index (χ2n) is 5.24. The molecule has 0 fully saturated rings. The quantitative estimate of drug-likeness (QED) is 0.695. The molecule has 1 aromatic carbocycles. The highest BCUT2D eigenvalue weighted by Gasteiger charge is 2.15. The van der Waals surface area contributed by atoms with E-state index in [9.17, 15) is 4.79 Å². The van der Waals surface area contributed by atoms with Crippen LogP contribution in [-0.2, 0) is 11.2 Å². The van der Waals surface area contributed by atoms with Gasteiger partial charge >= 0.3 is 0 Å². The minimum atomic E-state index is -0.0422. The zero-order valence-electron chi connectivity index (χ0n) is 13.2. The average molecular weight is 333 g/mol. The Kier molecular flexibility index (Phi) is 7.04. The van der Waals surface area contributed by atoms with Crippen molar-refractivity contribution in [1.29, 1.82) is 0 Å². The smallest absolute Gasteiger partial charge is 0.254 e. The maximum absolute atomic E-state index is 12.6. The van der Waals surface area contributed by atoms with Crippen molar-refractivity contribution in [2.75, 3.05) is 26.8 Å². The lowest BCUT2D eigenvalue weighted by atomic mass is 10.1. The minimum absolute atomic E-state index is 0.0422. The summed E-state index contributed by atoms with van der Waals surface area (Å²) in [5.41, 5.74) is 1.83. The Morgan fingerprint density at radius 1 is 1.22 bits per heavy atom. The standard InChI is InChI=1S/C18H21ClN2O2/c1-23-13-12-21(11-5-8-15-6-3-2-4-7-15)18(22)16-9-10-20-17(19)14-16/h2-4,6-7,9-10,14H,5,8,11-13H2,1H3. The fraction of sp³-hybridized carbons (Fsp3) is 0.333. The molecule has 1 amide bonds. The zero-order chi connectivity index (χ0) is 16.5. The fourth-order valence-electron chi connectivity index (χ4n) is 2.35. The highest BCUT2D eigenvalue weighted by Crippen LogP contribution is 2.11. The summed E-state index contributed by atoms with van der Waals surface area (Å²) in [4.78, 5) is 18.3. The highest BCUT2D eigenvalue weighted by atomic mass is 35.5. The number of pyridine rings is 1. The van der Waals surface area contributed by atoms with Gasteiger partial charge in [0.25, 0.3) is 5.91 Å². The molecule has 0 saturated carbocycles. The van der Waals surface area contributed by atoms with Crippen molar-refractivity contribution in [3.8, 4) is 0 Å². The first-order valence-corrected chi connectivity index (χ1v) is 8.02. The molecule has 0 N–H and O–H groups in total. The lowest BCUT2D eigenvalue weighted by molar-refractivity contribution is 0.0693. The molecule has 0 unspecified atom stereocenters. The van der Waals surface area contributed by atoms with Gasteiger partial charge in [0, 0.05) is 32.0 Å².